The normalized spacial score (nSPS) is 16.8. The standard InChI is InChI=1S/C19H26N4O5/c24-16(23-28)10-6-2-5-9-15(19(27)21-13-7-3-1-4-8-13)22-18(26)14-11-12-20-17(14)25/h1,3-4,7-8,14-15,28H,2,5-6,9-12H2,(H,20,25)(H,21,27)(H,22,26)(H,23,24)/t14?,15-/m0/s1. The van der Waals surface area contributed by atoms with Crippen molar-refractivity contribution >= 4 is 29.3 Å². The van der Waals surface area contributed by atoms with Crippen LogP contribution in [0.2, 0.25) is 0 Å². The second-order valence-electron chi connectivity index (χ2n) is 6.68. The molecule has 0 saturated carbocycles. The third-order valence-electron chi connectivity index (χ3n) is 4.56. The molecule has 9 nitrogen and oxygen atoms in total. The number of amides is 4. The van der Waals surface area contributed by atoms with Crippen LogP contribution in [0, 0.1) is 5.92 Å². The van der Waals surface area contributed by atoms with Gasteiger partial charge in [-0.25, -0.2) is 5.48 Å². The maximum atomic E-state index is 12.6. The Hall–Kier alpha value is -2.94. The first-order valence-corrected chi connectivity index (χ1v) is 9.38. The van der Waals surface area contributed by atoms with Crippen LogP contribution in [0.15, 0.2) is 30.3 Å². The zero-order valence-electron chi connectivity index (χ0n) is 15.6. The lowest BCUT2D eigenvalue weighted by atomic mass is 10.0. The lowest BCUT2D eigenvalue weighted by Crippen LogP contribution is -2.47. The number of para-hydroxylation sites is 1. The van der Waals surface area contributed by atoms with E-state index in [1.54, 1.807) is 29.7 Å². The summed E-state index contributed by atoms with van der Waals surface area (Å²) in [5.74, 6) is -2.37. The van der Waals surface area contributed by atoms with Gasteiger partial charge in [0.2, 0.25) is 23.6 Å². The van der Waals surface area contributed by atoms with Crippen molar-refractivity contribution in [3.05, 3.63) is 30.3 Å². The highest BCUT2D eigenvalue weighted by Crippen LogP contribution is 2.13. The van der Waals surface area contributed by atoms with E-state index in [0.29, 0.717) is 44.3 Å². The van der Waals surface area contributed by atoms with Crippen LogP contribution in [0.1, 0.15) is 38.5 Å². The van der Waals surface area contributed by atoms with Crippen molar-refractivity contribution in [1.82, 2.24) is 16.1 Å². The van der Waals surface area contributed by atoms with Crippen molar-refractivity contribution in [3.8, 4) is 0 Å². The molecule has 0 bridgehead atoms. The van der Waals surface area contributed by atoms with Gasteiger partial charge in [-0.2, -0.15) is 0 Å². The SMILES string of the molecule is O=C(CCCCC[C@H](NC(=O)C1CCNC1=O)C(=O)Nc1ccccc1)NO. The van der Waals surface area contributed by atoms with E-state index in [2.05, 4.69) is 16.0 Å². The summed E-state index contributed by atoms with van der Waals surface area (Å²) >= 11 is 0. The smallest absolute Gasteiger partial charge is 0.246 e. The highest BCUT2D eigenvalue weighted by atomic mass is 16.5. The summed E-state index contributed by atoms with van der Waals surface area (Å²) in [6, 6.07) is 8.11. The summed E-state index contributed by atoms with van der Waals surface area (Å²) < 4.78 is 0. The molecule has 1 aromatic carbocycles. The van der Waals surface area contributed by atoms with Crippen molar-refractivity contribution in [3.63, 3.8) is 0 Å². The van der Waals surface area contributed by atoms with E-state index >= 15 is 0 Å². The minimum Gasteiger partial charge on any atom is -0.355 e. The molecule has 1 aliphatic rings. The van der Waals surface area contributed by atoms with Crippen LogP contribution in [0.4, 0.5) is 5.69 Å². The van der Waals surface area contributed by atoms with E-state index in [9.17, 15) is 19.2 Å². The number of carbonyl (C=O) groups is 4. The molecule has 1 aliphatic heterocycles. The lowest BCUT2D eigenvalue weighted by molar-refractivity contribution is -0.135. The Kier molecular flexibility index (Phi) is 8.41. The number of hydroxylamine groups is 1. The molecule has 0 spiro atoms. The third-order valence-corrected chi connectivity index (χ3v) is 4.56. The maximum Gasteiger partial charge on any atom is 0.246 e. The van der Waals surface area contributed by atoms with Crippen LogP contribution in [-0.4, -0.2) is 41.4 Å². The van der Waals surface area contributed by atoms with Crippen LogP contribution >= 0.6 is 0 Å². The average Bonchev–Trinajstić information content (AvgIpc) is 3.13. The van der Waals surface area contributed by atoms with Gasteiger partial charge in [0.25, 0.3) is 0 Å². The Morgan fingerprint density at radius 3 is 2.54 bits per heavy atom. The third kappa shape index (κ3) is 6.66. The van der Waals surface area contributed by atoms with Crippen molar-refractivity contribution in [2.24, 2.45) is 5.92 Å². The van der Waals surface area contributed by atoms with E-state index < -0.39 is 23.8 Å². The monoisotopic (exact) mass is 390 g/mol. The topological polar surface area (TPSA) is 137 Å². The van der Waals surface area contributed by atoms with Gasteiger partial charge in [0.1, 0.15) is 12.0 Å². The van der Waals surface area contributed by atoms with Crippen LogP contribution in [0.3, 0.4) is 0 Å². The molecule has 1 heterocycles. The van der Waals surface area contributed by atoms with Gasteiger partial charge in [-0.1, -0.05) is 31.0 Å². The summed E-state index contributed by atoms with van der Waals surface area (Å²) in [6.07, 6.45) is 2.78. The summed E-state index contributed by atoms with van der Waals surface area (Å²) in [4.78, 5) is 47.8. The Bertz CT molecular complexity index is 695. The van der Waals surface area contributed by atoms with Gasteiger partial charge in [0.15, 0.2) is 0 Å². The van der Waals surface area contributed by atoms with E-state index in [1.165, 1.54) is 0 Å². The van der Waals surface area contributed by atoms with Gasteiger partial charge in [0, 0.05) is 18.7 Å². The minimum atomic E-state index is -0.784. The predicted molar refractivity (Wildman–Crippen MR) is 101 cm³/mol. The number of unbranched alkanes of at least 4 members (excludes halogenated alkanes) is 2. The Balaban J connectivity index is 1.92. The second-order valence-corrected chi connectivity index (χ2v) is 6.68. The Morgan fingerprint density at radius 1 is 1.14 bits per heavy atom. The first-order valence-electron chi connectivity index (χ1n) is 9.38. The molecular weight excluding hydrogens is 364 g/mol. The van der Waals surface area contributed by atoms with E-state index in [4.69, 9.17) is 5.21 Å². The molecule has 1 saturated heterocycles. The predicted octanol–water partition coefficient (Wildman–Crippen LogP) is 0.702. The number of carbonyl (C=O) groups excluding carboxylic acids is 4. The van der Waals surface area contributed by atoms with Gasteiger partial charge >= 0.3 is 0 Å². The molecule has 152 valence electrons. The minimum absolute atomic E-state index is 0.186. The summed E-state index contributed by atoms with van der Waals surface area (Å²) in [5, 5.41) is 16.5. The number of nitrogens with one attached hydrogen (secondary N) is 4. The molecular formula is C19H26N4O5. The van der Waals surface area contributed by atoms with Crippen LogP contribution < -0.4 is 21.4 Å². The zero-order chi connectivity index (χ0) is 20.4. The highest BCUT2D eigenvalue weighted by Gasteiger charge is 2.33. The number of hydrogen-bond acceptors (Lipinski definition) is 5. The average molecular weight is 390 g/mol. The fourth-order valence-electron chi connectivity index (χ4n) is 3.00. The molecule has 4 amide bonds. The summed E-state index contributed by atoms with van der Waals surface area (Å²) in [5.41, 5.74) is 2.19. The van der Waals surface area contributed by atoms with Crippen molar-refractivity contribution in [2.45, 2.75) is 44.6 Å². The maximum absolute atomic E-state index is 12.6. The molecule has 2 rings (SSSR count). The van der Waals surface area contributed by atoms with Gasteiger partial charge in [0.05, 0.1) is 0 Å². The molecule has 1 aromatic rings. The Morgan fingerprint density at radius 2 is 1.89 bits per heavy atom. The summed E-state index contributed by atoms with van der Waals surface area (Å²) in [7, 11) is 0. The van der Waals surface area contributed by atoms with Crippen LogP contribution in [-0.2, 0) is 19.2 Å². The van der Waals surface area contributed by atoms with Crippen molar-refractivity contribution < 1.29 is 24.4 Å². The van der Waals surface area contributed by atoms with Gasteiger partial charge in [-0.05, 0) is 31.4 Å². The number of hydrogen-bond donors (Lipinski definition) is 5. The van der Waals surface area contributed by atoms with Crippen molar-refractivity contribution in [2.75, 3.05) is 11.9 Å². The molecule has 0 radical (unpaired) electrons. The van der Waals surface area contributed by atoms with Gasteiger partial charge in [-0.15, -0.1) is 0 Å². The molecule has 0 aliphatic carbocycles. The number of anilines is 1. The fourth-order valence-corrected chi connectivity index (χ4v) is 3.00. The van der Waals surface area contributed by atoms with E-state index in [1.807, 2.05) is 6.07 Å². The molecule has 0 aromatic heterocycles. The number of benzene rings is 1. The van der Waals surface area contributed by atoms with Gasteiger partial charge < -0.3 is 16.0 Å². The first-order chi connectivity index (χ1) is 13.5. The van der Waals surface area contributed by atoms with Crippen LogP contribution in [0.5, 0.6) is 0 Å². The quantitative estimate of drug-likeness (QED) is 0.173. The molecule has 9 heteroatoms. The molecule has 1 unspecified atom stereocenters. The lowest BCUT2D eigenvalue weighted by Gasteiger charge is -2.20. The van der Waals surface area contributed by atoms with Crippen LogP contribution in [0.25, 0.3) is 0 Å². The highest BCUT2D eigenvalue weighted by molar-refractivity contribution is 6.04. The fraction of sp³-hybridized carbons (Fsp3) is 0.474. The largest absolute Gasteiger partial charge is 0.355 e. The van der Waals surface area contributed by atoms with Gasteiger partial charge in [-0.3, -0.25) is 24.4 Å². The molecule has 1 fully saturated rings. The molecule has 2 atom stereocenters. The second kappa shape index (κ2) is 11.0. The molecule has 5 N–H and O–H groups in total. The molecule has 28 heavy (non-hydrogen) atoms. The zero-order valence-corrected chi connectivity index (χ0v) is 15.6. The summed E-state index contributed by atoms with van der Waals surface area (Å²) in [6.45, 7) is 0.449. The number of rotatable bonds is 10. The van der Waals surface area contributed by atoms with E-state index in [0.717, 1.165) is 0 Å². The van der Waals surface area contributed by atoms with Crippen molar-refractivity contribution in [1.29, 1.82) is 0 Å². The Labute approximate surface area is 163 Å². The van der Waals surface area contributed by atoms with E-state index in [-0.39, 0.29) is 18.2 Å². The first kappa shape index (κ1) is 21.4.